The Morgan fingerprint density at radius 2 is 2.21 bits per heavy atom. The summed E-state index contributed by atoms with van der Waals surface area (Å²) in [4.78, 5) is 24.0. The maximum absolute atomic E-state index is 13.8. The highest BCUT2D eigenvalue weighted by Crippen LogP contribution is 2.24. The molecule has 0 unspecified atom stereocenters. The van der Waals surface area contributed by atoms with Crippen molar-refractivity contribution in [1.29, 1.82) is 0 Å². The summed E-state index contributed by atoms with van der Waals surface area (Å²) in [5.74, 6) is -2.45. The standard InChI is InChI=1S/C16H16F2N4O2/c1-22-8-9(7-19-22)15-13(4-5-14(23)21-15)20-16(24)11-3-2-10(17)6-12(11)18/h2-3,6-8,13,15H,4-5H2,1H3,(H,20,24)(H,21,23)/t13-,15+/m1/s1. The molecule has 2 N–H and O–H groups in total. The molecule has 2 atom stereocenters. The fourth-order valence-electron chi connectivity index (χ4n) is 2.79. The Morgan fingerprint density at radius 3 is 2.88 bits per heavy atom. The Hall–Kier alpha value is -2.77. The maximum Gasteiger partial charge on any atom is 0.254 e. The van der Waals surface area contributed by atoms with Crippen molar-refractivity contribution < 1.29 is 18.4 Å². The molecule has 0 aliphatic carbocycles. The van der Waals surface area contributed by atoms with E-state index in [-0.39, 0.29) is 17.9 Å². The van der Waals surface area contributed by atoms with Crippen LogP contribution in [0.5, 0.6) is 0 Å². The van der Waals surface area contributed by atoms with E-state index in [1.165, 1.54) is 0 Å². The summed E-state index contributed by atoms with van der Waals surface area (Å²) in [6.07, 6.45) is 4.02. The van der Waals surface area contributed by atoms with Crippen LogP contribution in [-0.2, 0) is 11.8 Å². The Morgan fingerprint density at radius 1 is 1.42 bits per heavy atom. The van der Waals surface area contributed by atoms with Crippen LogP contribution in [0.2, 0.25) is 0 Å². The minimum Gasteiger partial charge on any atom is -0.347 e. The van der Waals surface area contributed by atoms with E-state index in [2.05, 4.69) is 15.7 Å². The van der Waals surface area contributed by atoms with Crippen LogP contribution in [0.1, 0.15) is 34.8 Å². The number of aromatic nitrogens is 2. The molecule has 126 valence electrons. The highest BCUT2D eigenvalue weighted by Gasteiger charge is 2.32. The maximum atomic E-state index is 13.8. The molecule has 2 heterocycles. The zero-order valence-electron chi connectivity index (χ0n) is 12.9. The number of carbonyl (C=O) groups is 2. The van der Waals surface area contributed by atoms with Gasteiger partial charge in [0.15, 0.2) is 0 Å². The van der Waals surface area contributed by atoms with E-state index in [1.807, 2.05) is 0 Å². The molecule has 0 spiro atoms. The molecular formula is C16H16F2N4O2. The van der Waals surface area contributed by atoms with Crippen molar-refractivity contribution in [2.45, 2.75) is 24.9 Å². The van der Waals surface area contributed by atoms with E-state index in [9.17, 15) is 18.4 Å². The third-order valence-corrected chi connectivity index (χ3v) is 3.98. The first kappa shape index (κ1) is 16.1. The lowest BCUT2D eigenvalue weighted by Crippen LogP contribution is -2.50. The average molecular weight is 334 g/mol. The zero-order chi connectivity index (χ0) is 17.3. The van der Waals surface area contributed by atoms with Crippen molar-refractivity contribution in [2.75, 3.05) is 0 Å². The van der Waals surface area contributed by atoms with Gasteiger partial charge in [-0.05, 0) is 18.6 Å². The highest BCUT2D eigenvalue weighted by molar-refractivity contribution is 5.94. The van der Waals surface area contributed by atoms with Gasteiger partial charge in [-0.2, -0.15) is 5.10 Å². The van der Waals surface area contributed by atoms with Gasteiger partial charge in [0, 0.05) is 31.3 Å². The second kappa shape index (κ2) is 6.38. The van der Waals surface area contributed by atoms with E-state index < -0.39 is 29.6 Å². The first-order chi connectivity index (χ1) is 11.4. The quantitative estimate of drug-likeness (QED) is 0.892. The molecule has 2 amide bonds. The SMILES string of the molecule is Cn1cc([C@@H]2NC(=O)CC[C@H]2NC(=O)c2ccc(F)cc2F)cn1. The number of piperidine rings is 1. The number of halogens is 2. The lowest BCUT2D eigenvalue weighted by Gasteiger charge is -2.32. The van der Waals surface area contributed by atoms with Crippen molar-refractivity contribution in [2.24, 2.45) is 7.05 Å². The monoisotopic (exact) mass is 334 g/mol. The number of nitrogens with one attached hydrogen (secondary N) is 2. The highest BCUT2D eigenvalue weighted by atomic mass is 19.1. The molecule has 6 nitrogen and oxygen atoms in total. The van der Waals surface area contributed by atoms with Gasteiger partial charge >= 0.3 is 0 Å². The Labute approximate surface area is 136 Å². The number of benzene rings is 1. The first-order valence-corrected chi connectivity index (χ1v) is 7.48. The van der Waals surface area contributed by atoms with Gasteiger partial charge in [0.2, 0.25) is 5.91 Å². The summed E-state index contributed by atoms with van der Waals surface area (Å²) in [7, 11) is 1.75. The van der Waals surface area contributed by atoms with Gasteiger partial charge in [-0.25, -0.2) is 8.78 Å². The normalized spacial score (nSPS) is 20.5. The molecule has 3 rings (SSSR count). The summed E-state index contributed by atoms with van der Waals surface area (Å²) in [6.45, 7) is 0. The van der Waals surface area contributed by atoms with E-state index in [0.717, 1.165) is 17.7 Å². The van der Waals surface area contributed by atoms with Crippen LogP contribution in [-0.4, -0.2) is 27.6 Å². The van der Waals surface area contributed by atoms with Crippen molar-refractivity contribution in [1.82, 2.24) is 20.4 Å². The van der Waals surface area contributed by atoms with E-state index in [4.69, 9.17) is 0 Å². The molecule has 0 saturated carbocycles. The lowest BCUT2D eigenvalue weighted by molar-refractivity contribution is -0.123. The molecule has 1 aromatic carbocycles. The smallest absolute Gasteiger partial charge is 0.254 e. The van der Waals surface area contributed by atoms with Gasteiger partial charge in [-0.1, -0.05) is 0 Å². The van der Waals surface area contributed by atoms with Crippen LogP contribution in [0, 0.1) is 11.6 Å². The van der Waals surface area contributed by atoms with E-state index in [1.54, 1.807) is 24.1 Å². The number of hydrogen-bond acceptors (Lipinski definition) is 3. The van der Waals surface area contributed by atoms with E-state index in [0.29, 0.717) is 12.5 Å². The molecular weight excluding hydrogens is 318 g/mol. The number of amides is 2. The minimum atomic E-state index is -0.926. The molecule has 8 heteroatoms. The molecule has 0 bridgehead atoms. The summed E-state index contributed by atoms with van der Waals surface area (Å²) in [5.41, 5.74) is 0.508. The number of aryl methyl sites for hydroxylation is 1. The minimum absolute atomic E-state index is 0.123. The Bertz CT molecular complexity index is 790. The second-order valence-corrected chi connectivity index (χ2v) is 5.74. The van der Waals surface area contributed by atoms with Gasteiger partial charge in [-0.15, -0.1) is 0 Å². The largest absolute Gasteiger partial charge is 0.347 e. The predicted octanol–water partition coefficient (Wildman–Crippen LogP) is 1.45. The van der Waals surface area contributed by atoms with Crippen LogP contribution < -0.4 is 10.6 Å². The molecule has 1 aliphatic rings. The summed E-state index contributed by atoms with van der Waals surface area (Å²) >= 11 is 0. The van der Waals surface area contributed by atoms with Gasteiger partial charge in [0.05, 0.1) is 23.8 Å². The van der Waals surface area contributed by atoms with Gasteiger partial charge < -0.3 is 10.6 Å². The van der Waals surface area contributed by atoms with E-state index >= 15 is 0 Å². The van der Waals surface area contributed by atoms with Crippen LogP contribution in [0.15, 0.2) is 30.6 Å². The van der Waals surface area contributed by atoms with Crippen LogP contribution in [0.4, 0.5) is 8.78 Å². The Kier molecular flexibility index (Phi) is 4.28. The fraction of sp³-hybridized carbons (Fsp3) is 0.312. The molecule has 2 aromatic rings. The van der Waals surface area contributed by atoms with Crippen molar-refractivity contribution in [3.8, 4) is 0 Å². The van der Waals surface area contributed by atoms with Gasteiger partial charge in [0.25, 0.3) is 5.91 Å². The van der Waals surface area contributed by atoms with Crippen molar-refractivity contribution >= 4 is 11.8 Å². The second-order valence-electron chi connectivity index (χ2n) is 5.74. The third-order valence-electron chi connectivity index (χ3n) is 3.98. The van der Waals surface area contributed by atoms with Crippen molar-refractivity contribution in [3.05, 3.63) is 53.4 Å². The third kappa shape index (κ3) is 3.27. The molecule has 1 aromatic heterocycles. The van der Waals surface area contributed by atoms with Gasteiger partial charge in [-0.3, -0.25) is 14.3 Å². The van der Waals surface area contributed by atoms with Crippen molar-refractivity contribution in [3.63, 3.8) is 0 Å². The van der Waals surface area contributed by atoms with Gasteiger partial charge in [0.1, 0.15) is 11.6 Å². The molecule has 1 aliphatic heterocycles. The summed E-state index contributed by atoms with van der Waals surface area (Å²) in [5, 5.41) is 9.60. The fourth-order valence-corrected chi connectivity index (χ4v) is 2.79. The summed E-state index contributed by atoms with van der Waals surface area (Å²) < 4.78 is 28.3. The van der Waals surface area contributed by atoms with Crippen LogP contribution >= 0.6 is 0 Å². The number of carbonyl (C=O) groups excluding carboxylic acids is 2. The molecule has 1 saturated heterocycles. The lowest BCUT2D eigenvalue weighted by atomic mass is 9.93. The molecule has 0 radical (unpaired) electrons. The number of rotatable bonds is 3. The summed E-state index contributed by atoms with van der Waals surface area (Å²) in [6, 6.07) is 1.92. The Balaban J connectivity index is 1.81. The molecule has 24 heavy (non-hydrogen) atoms. The van der Waals surface area contributed by atoms with Crippen LogP contribution in [0.25, 0.3) is 0 Å². The van der Waals surface area contributed by atoms with Crippen LogP contribution in [0.3, 0.4) is 0 Å². The first-order valence-electron chi connectivity index (χ1n) is 7.48. The predicted molar refractivity (Wildman–Crippen MR) is 80.9 cm³/mol. The number of hydrogen-bond donors (Lipinski definition) is 2. The number of nitrogens with zero attached hydrogens (tertiary/aromatic N) is 2. The zero-order valence-corrected chi connectivity index (χ0v) is 12.9. The average Bonchev–Trinajstić information content (AvgIpc) is 2.95. The molecule has 1 fully saturated rings. The topological polar surface area (TPSA) is 76.0 Å².